The van der Waals surface area contributed by atoms with E-state index in [1.807, 2.05) is 6.07 Å². The number of nitrogens with zero attached hydrogens (tertiary/aromatic N) is 8. The minimum Gasteiger partial charge on any atom is -0.232 e. The number of para-hydroxylation sites is 8. The Bertz CT molecular complexity index is 5120. The van der Waals surface area contributed by atoms with Gasteiger partial charge in [-0.05, 0) is 123 Å². The van der Waals surface area contributed by atoms with Crippen molar-refractivity contribution in [3.8, 4) is 34.2 Å². The minimum absolute atomic E-state index is 1.18. The Morgan fingerprint density at radius 1 is 0.310 bits per heavy atom. The van der Waals surface area contributed by atoms with Crippen LogP contribution in [0.2, 0.25) is 0 Å². The molecule has 0 saturated carbocycles. The molecule has 408 valence electrons. The van der Waals surface area contributed by atoms with Crippen LogP contribution in [0.1, 0.15) is 22.3 Å². The quantitative estimate of drug-likeness (QED) is 0.124. The second kappa shape index (κ2) is 22.1. The third-order valence-corrected chi connectivity index (χ3v) is 16.7. The van der Waals surface area contributed by atoms with Crippen molar-refractivity contribution in [2.75, 3.05) is 0 Å². The van der Waals surface area contributed by atoms with E-state index in [2.05, 4.69) is 353 Å². The molecule has 0 aliphatic heterocycles. The second-order valence-corrected chi connectivity index (χ2v) is 21.9. The molecule has 0 aliphatic rings. The molecule has 0 N–H and O–H groups in total. The number of hydrogen-bond donors (Lipinski definition) is 0. The van der Waals surface area contributed by atoms with E-state index in [0.29, 0.717) is 0 Å². The van der Waals surface area contributed by atoms with Gasteiger partial charge in [-0.15, -0.1) is 0 Å². The summed E-state index contributed by atoms with van der Waals surface area (Å²) in [5.41, 5.74) is 20.1. The van der Waals surface area contributed by atoms with Crippen LogP contribution in [0.3, 0.4) is 0 Å². The number of benzene rings is 10. The first kappa shape index (κ1) is 52.9. The Kier molecular flexibility index (Phi) is 13.9. The maximum absolute atomic E-state index is 2.40. The van der Waals surface area contributed by atoms with Crippen LogP contribution in [0.15, 0.2) is 267 Å². The van der Waals surface area contributed by atoms with Crippen LogP contribution in [0.25, 0.3) is 111 Å². The lowest BCUT2D eigenvalue weighted by Gasteiger charge is -2.06. The number of aryl methyl sites for hydroxylation is 8. The molecular formula is C76H68N8+4. The SMILES string of the molecule is Cc1cccc2c3ccccc3n3c4ccccc4[n+](C)c3c12.Cc1cccc2c3ccccc3n3cc[n+](C)c3c12.Cc1ccccc1-c1n(-c2ccccc2)c2ccccc2[n+]1C.Cc1ccccc1-c1n(-c2ccccc2)cc[n+]1C. The number of imidazole rings is 4. The van der Waals surface area contributed by atoms with Crippen LogP contribution in [-0.4, -0.2) is 17.9 Å². The highest BCUT2D eigenvalue weighted by Crippen LogP contribution is 2.34. The first-order chi connectivity index (χ1) is 41.1. The van der Waals surface area contributed by atoms with Crippen molar-refractivity contribution in [2.24, 2.45) is 28.2 Å². The van der Waals surface area contributed by atoms with E-state index in [-0.39, 0.29) is 0 Å². The number of hydrogen-bond acceptors (Lipinski definition) is 0. The van der Waals surface area contributed by atoms with Crippen molar-refractivity contribution >= 4 is 76.7 Å². The third-order valence-electron chi connectivity index (χ3n) is 16.7. The van der Waals surface area contributed by atoms with E-state index in [1.165, 1.54) is 133 Å². The number of fused-ring (bicyclic) bond motifs is 15. The normalized spacial score (nSPS) is 11.3. The van der Waals surface area contributed by atoms with Crippen molar-refractivity contribution in [3.63, 3.8) is 0 Å². The van der Waals surface area contributed by atoms with Crippen LogP contribution < -0.4 is 18.3 Å². The Morgan fingerprint density at radius 3 is 1.37 bits per heavy atom. The number of rotatable bonds is 4. The maximum atomic E-state index is 2.40. The fraction of sp³-hybridized carbons (Fsp3) is 0.105. The summed E-state index contributed by atoms with van der Waals surface area (Å²) in [5, 5.41) is 7.95. The summed E-state index contributed by atoms with van der Waals surface area (Å²) in [6.45, 7) is 8.71. The highest BCUT2D eigenvalue weighted by molar-refractivity contribution is 6.14. The molecule has 8 nitrogen and oxygen atoms in total. The zero-order valence-corrected chi connectivity index (χ0v) is 49.0. The molecular weight excluding hydrogens is 1020 g/mol. The summed E-state index contributed by atoms with van der Waals surface area (Å²) in [6.07, 6.45) is 8.46. The van der Waals surface area contributed by atoms with Crippen molar-refractivity contribution in [1.82, 2.24) is 17.9 Å². The Labute approximate surface area is 490 Å². The molecule has 6 aromatic heterocycles. The van der Waals surface area contributed by atoms with Crippen LogP contribution in [0.5, 0.6) is 0 Å². The van der Waals surface area contributed by atoms with Gasteiger partial charge >= 0.3 is 0 Å². The van der Waals surface area contributed by atoms with Gasteiger partial charge in [0.2, 0.25) is 0 Å². The maximum Gasteiger partial charge on any atom is 0.295 e. The van der Waals surface area contributed by atoms with Crippen LogP contribution in [0, 0.1) is 27.7 Å². The highest BCUT2D eigenvalue weighted by atomic mass is 15.2. The Balaban J connectivity index is 0.000000105. The number of pyridine rings is 2. The van der Waals surface area contributed by atoms with Gasteiger partial charge in [0.05, 0.1) is 50.1 Å². The van der Waals surface area contributed by atoms with Gasteiger partial charge in [0, 0.05) is 21.5 Å². The molecule has 0 bridgehead atoms. The molecule has 8 heteroatoms. The van der Waals surface area contributed by atoms with E-state index in [9.17, 15) is 0 Å². The fourth-order valence-corrected chi connectivity index (χ4v) is 12.7. The van der Waals surface area contributed by atoms with Gasteiger partial charge in [0.1, 0.15) is 47.2 Å². The second-order valence-electron chi connectivity index (χ2n) is 21.9. The number of aromatic nitrogens is 8. The molecule has 0 atom stereocenters. The lowest BCUT2D eigenvalue weighted by Crippen LogP contribution is -2.30. The van der Waals surface area contributed by atoms with Gasteiger partial charge < -0.3 is 0 Å². The molecule has 0 fully saturated rings. The van der Waals surface area contributed by atoms with Crippen LogP contribution in [0.4, 0.5) is 0 Å². The van der Waals surface area contributed by atoms with Crippen LogP contribution in [-0.2, 0) is 28.2 Å². The van der Waals surface area contributed by atoms with E-state index in [4.69, 9.17) is 0 Å². The predicted molar refractivity (Wildman–Crippen MR) is 346 cm³/mol. The minimum atomic E-state index is 1.18. The van der Waals surface area contributed by atoms with Gasteiger partial charge in [-0.1, -0.05) is 170 Å². The smallest absolute Gasteiger partial charge is 0.232 e. The molecule has 16 aromatic rings. The first-order valence-corrected chi connectivity index (χ1v) is 28.8. The lowest BCUT2D eigenvalue weighted by atomic mass is 10.0. The molecule has 0 aliphatic carbocycles. The molecule has 0 saturated heterocycles. The van der Waals surface area contributed by atoms with Crippen molar-refractivity contribution < 1.29 is 18.3 Å². The van der Waals surface area contributed by atoms with Gasteiger partial charge in [0.15, 0.2) is 22.1 Å². The van der Waals surface area contributed by atoms with Gasteiger partial charge in [-0.3, -0.25) is 0 Å². The third kappa shape index (κ3) is 9.13. The Morgan fingerprint density at radius 2 is 0.750 bits per heavy atom. The zero-order valence-electron chi connectivity index (χ0n) is 49.0. The van der Waals surface area contributed by atoms with E-state index >= 15 is 0 Å². The molecule has 10 aromatic carbocycles. The fourth-order valence-electron chi connectivity index (χ4n) is 12.7. The van der Waals surface area contributed by atoms with E-state index in [0.717, 1.165) is 0 Å². The molecule has 0 spiro atoms. The van der Waals surface area contributed by atoms with E-state index in [1.54, 1.807) is 0 Å². The summed E-state index contributed by atoms with van der Waals surface area (Å²) in [7, 11) is 8.50. The van der Waals surface area contributed by atoms with Gasteiger partial charge in [-0.2, -0.15) is 17.9 Å². The van der Waals surface area contributed by atoms with Gasteiger partial charge in [-0.25, -0.2) is 18.3 Å². The summed E-state index contributed by atoms with van der Waals surface area (Å²) < 4.78 is 18.2. The highest BCUT2D eigenvalue weighted by Gasteiger charge is 2.28. The first-order valence-electron chi connectivity index (χ1n) is 28.8. The largest absolute Gasteiger partial charge is 0.295 e. The monoisotopic (exact) mass is 1090 g/mol. The van der Waals surface area contributed by atoms with Crippen molar-refractivity contribution in [3.05, 3.63) is 290 Å². The predicted octanol–water partition coefficient (Wildman–Crippen LogP) is 15.6. The molecule has 6 heterocycles. The average Bonchev–Trinajstić information content (AvgIpc) is 2.41. The Hall–Kier alpha value is -10.4. The molecule has 0 radical (unpaired) electrons. The topological polar surface area (TPSA) is 34.2 Å². The summed E-state index contributed by atoms with van der Waals surface area (Å²) in [4.78, 5) is 0. The lowest BCUT2D eigenvalue weighted by molar-refractivity contribution is -0.659. The van der Waals surface area contributed by atoms with Crippen molar-refractivity contribution in [1.29, 1.82) is 0 Å². The molecule has 84 heavy (non-hydrogen) atoms. The standard InChI is InChI=1S/C21H17N2.C21H19N2.C17H15N2.C17H17N2/c1-14-8-7-10-16-15-9-3-4-11-17(15)23-19-13-6-5-12-18(19)22(2)21(23)20(14)16;1-16-10-6-7-13-18(16)21-22(2)19-14-8-9-15-20(19)23(21)17-11-4-3-5-12-17;1-12-6-5-8-14-13-7-3-4-9-15(13)19-11-10-18(2)17(19)16(12)14;1-14-8-6-7-11-16(14)17-18(2)12-13-19(17)15-9-4-3-5-10-15/h3-13H,1-2H3;3-15H,1-2H3;3-11H,1-2H3;3-13H,1-2H3/q4*+1. The molecule has 0 unspecified atom stereocenters. The summed E-state index contributed by atoms with van der Waals surface area (Å²) >= 11 is 0. The molecule has 0 amide bonds. The summed E-state index contributed by atoms with van der Waals surface area (Å²) in [6, 6.07) is 85.7. The van der Waals surface area contributed by atoms with Crippen LogP contribution >= 0.6 is 0 Å². The molecule has 16 rings (SSSR count). The zero-order chi connectivity index (χ0) is 57.6. The van der Waals surface area contributed by atoms with Gasteiger partial charge in [0.25, 0.3) is 22.9 Å². The summed E-state index contributed by atoms with van der Waals surface area (Å²) in [5.74, 6) is 2.40. The van der Waals surface area contributed by atoms with Crippen molar-refractivity contribution in [2.45, 2.75) is 27.7 Å². The van der Waals surface area contributed by atoms with E-state index < -0.39 is 0 Å². The average molecular weight is 1090 g/mol.